The Kier molecular flexibility index (Phi) is 5.24. The fraction of sp³-hybridized carbons (Fsp3) is 0.389. The molecule has 0 spiro atoms. The number of rotatable bonds is 5. The Bertz CT molecular complexity index is 576. The summed E-state index contributed by atoms with van der Waals surface area (Å²) in [6.07, 6.45) is 3.80. The van der Waals surface area contributed by atoms with Crippen molar-refractivity contribution in [3.8, 4) is 0 Å². The number of hydrogen-bond donors (Lipinski definition) is 2. The zero-order valence-corrected chi connectivity index (χ0v) is 13.6. The number of likely N-dealkylation sites (tertiary alicyclic amines) is 1. The first kappa shape index (κ1) is 15.3. The van der Waals surface area contributed by atoms with Crippen LogP contribution < -0.4 is 10.2 Å². The lowest BCUT2D eigenvalue weighted by Gasteiger charge is -2.24. The zero-order chi connectivity index (χ0) is 15.2. The highest BCUT2D eigenvalue weighted by molar-refractivity contribution is 7.10. The van der Waals surface area contributed by atoms with Crippen LogP contribution in [0.15, 0.2) is 47.8 Å². The first-order chi connectivity index (χ1) is 10.8. The molecule has 1 aliphatic rings. The van der Waals surface area contributed by atoms with Gasteiger partial charge in [-0.15, -0.1) is 11.3 Å². The van der Waals surface area contributed by atoms with Crippen molar-refractivity contribution in [1.82, 2.24) is 5.32 Å². The van der Waals surface area contributed by atoms with E-state index in [9.17, 15) is 4.79 Å². The van der Waals surface area contributed by atoms with Crippen LogP contribution in [0.1, 0.15) is 35.7 Å². The van der Waals surface area contributed by atoms with E-state index in [0.717, 1.165) is 18.7 Å². The topological polar surface area (TPSA) is 33.5 Å². The number of hydrogen-bond acceptors (Lipinski definition) is 2. The standard InChI is InChI=1S/C18H22N2OS/c21-17(14-20-11-5-2-6-12-20)19-18(16-10-7-13-22-16)15-8-3-1-4-9-15/h1,3-4,7-10,13,18H,2,5-6,11-12,14H2,(H,19,21)/p+1/t18-/m0/s1. The third-order valence-corrected chi connectivity index (χ3v) is 5.17. The summed E-state index contributed by atoms with van der Waals surface area (Å²) in [6.45, 7) is 2.85. The van der Waals surface area contributed by atoms with Gasteiger partial charge >= 0.3 is 0 Å². The van der Waals surface area contributed by atoms with Crippen molar-refractivity contribution in [2.45, 2.75) is 25.3 Å². The number of benzene rings is 1. The molecule has 1 saturated heterocycles. The van der Waals surface area contributed by atoms with E-state index < -0.39 is 0 Å². The molecule has 0 radical (unpaired) electrons. The summed E-state index contributed by atoms with van der Waals surface area (Å²) in [7, 11) is 0. The summed E-state index contributed by atoms with van der Waals surface area (Å²) in [5.41, 5.74) is 1.15. The second kappa shape index (κ2) is 7.56. The van der Waals surface area contributed by atoms with Gasteiger partial charge in [0.25, 0.3) is 5.91 Å². The van der Waals surface area contributed by atoms with Crippen LogP contribution in [0.2, 0.25) is 0 Å². The first-order valence-electron chi connectivity index (χ1n) is 8.04. The molecule has 1 aromatic carbocycles. The van der Waals surface area contributed by atoms with Gasteiger partial charge in [-0.25, -0.2) is 0 Å². The van der Waals surface area contributed by atoms with Crippen molar-refractivity contribution >= 4 is 17.2 Å². The molecule has 3 rings (SSSR count). The molecule has 4 heteroatoms. The van der Waals surface area contributed by atoms with Gasteiger partial charge in [0.15, 0.2) is 6.54 Å². The molecule has 2 aromatic rings. The Morgan fingerprint density at radius 3 is 2.55 bits per heavy atom. The summed E-state index contributed by atoms with van der Waals surface area (Å²) in [6, 6.07) is 14.3. The Labute approximate surface area is 136 Å². The normalized spacial score (nSPS) is 17.1. The third-order valence-electron chi connectivity index (χ3n) is 4.24. The second-order valence-electron chi connectivity index (χ2n) is 5.91. The largest absolute Gasteiger partial charge is 0.339 e. The molecule has 0 saturated carbocycles. The summed E-state index contributed by atoms with van der Waals surface area (Å²) in [5.74, 6) is 0.152. The molecule has 1 aliphatic heterocycles. The van der Waals surface area contributed by atoms with Gasteiger partial charge in [-0.1, -0.05) is 36.4 Å². The van der Waals surface area contributed by atoms with Gasteiger partial charge in [0.2, 0.25) is 0 Å². The van der Waals surface area contributed by atoms with Crippen LogP contribution in [0, 0.1) is 0 Å². The second-order valence-corrected chi connectivity index (χ2v) is 6.89. The van der Waals surface area contributed by atoms with E-state index in [1.807, 2.05) is 24.3 Å². The van der Waals surface area contributed by atoms with Gasteiger partial charge in [0.1, 0.15) is 0 Å². The summed E-state index contributed by atoms with van der Waals surface area (Å²) in [4.78, 5) is 15.1. The molecule has 3 nitrogen and oxygen atoms in total. The maximum absolute atomic E-state index is 12.5. The lowest BCUT2D eigenvalue weighted by Crippen LogP contribution is -3.13. The molecule has 1 atom stereocenters. The predicted octanol–water partition coefficient (Wildman–Crippen LogP) is 2.02. The zero-order valence-electron chi connectivity index (χ0n) is 12.8. The molecule has 0 aliphatic carbocycles. The Balaban J connectivity index is 1.69. The van der Waals surface area contributed by atoms with E-state index in [2.05, 4.69) is 28.9 Å². The Morgan fingerprint density at radius 1 is 1.09 bits per heavy atom. The van der Waals surface area contributed by atoms with Crippen LogP contribution in [-0.4, -0.2) is 25.5 Å². The van der Waals surface area contributed by atoms with Crippen LogP contribution >= 0.6 is 11.3 Å². The third kappa shape index (κ3) is 3.96. The number of carbonyl (C=O) groups is 1. The van der Waals surface area contributed by atoms with Gasteiger partial charge in [-0.2, -0.15) is 0 Å². The van der Waals surface area contributed by atoms with Gasteiger partial charge in [0.05, 0.1) is 19.1 Å². The first-order valence-corrected chi connectivity index (χ1v) is 8.92. The van der Waals surface area contributed by atoms with Gasteiger partial charge in [-0.05, 0) is 36.3 Å². The number of quaternary nitrogens is 1. The Morgan fingerprint density at radius 2 is 1.86 bits per heavy atom. The smallest absolute Gasteiger partial charge is 0.275 e. The fourth-order valence-electron chi connectivity index (χ4n) is 3.09. The van der Waals surface area contributed by atoms with E-state index in [4.69, 9.17) is 0 Å². The number of nitrogens with one attached hydrogen (secondary N) is 2. The molecule has 1 aromatic heterocycles. The van der Waals surface area contributed by atoms with E-state index in [1.165, 1.54) is 29.0 Å². The molecule has 1 fully saturated rings. The van der Waals surface area contributed by atoms with Crippen LogP contribution in [0.25, 0.3) is 0 Å². The van der Waals surface area contributed by atoms with Crippen molar-refractivity contribution in [3.63, 3.8) is 0 Å². The van der Waals surface area contributed by atoms with Crippen molar-refractivity contribution < 1.29 is 9.69 Å². The maximum atomic E-state index is 12.5. The highest BCUT2D eigenvalue weighted by Crippen LogP contribution is 2.25. The molecular formula is C18H23N2OS+. The summed E-state index contributed by atoms with van der Waals surface area (Å²) in [5, 5.41) is 5.30. The monoisotopic (exact) mass is 315 g/mol. The average molecular weight is 315 g/mol. The molecule has 116 valence electrons. The molecule has 2 N–H and O–H groups in total. The van der Waals surface area contributed by atoms with E-state index >= 15 is 0 Å². The molecule has 2 heterocycles. The SMILES string of the molecule is O=C(C[NH+]1CCCCC1)N[C@@H](c1ccccc1)c1cccs1. The quantitative estimate of drug-likeness (QED) is 0.870. The minimum Gasteiger partial charge on any atom is -0.339 e. The van der Waals surface area contributed by atoms with Crippen LogP contribution in [0.3, 0.4) is 0 Å². The van der Waals surface area contributed by atoms with E-state index in [-0.39, 0.29) is 11.9 Å². The van der Waals surface area contributed by atoms with Crippen molar-refractivity contribution in [1.29, 1.82) is 0 Å². The lowest BCUT2D eigenvalue weighted by atomic mass is 10.1. The van der Waals surface area contributed by atoms with Crippen molar-refractivity contribution in [2.75, 3.05) is 19.6 Å². The minimum atomic E-state index is -0.0297. The molecule has 1 amide bonds. The number of piperidine rings is 1. The molecule has 0 bridgehead atoms. The highest BCUT2D eigenvalue weighted by atomic mass is 32.1. The maximum Gasteiger partial charge on any atom is 0.275 e. The number of thiophene rings is 1. The van der Waals surface area contributed by atoms with Crippen molar-refractivity contribution in [3.05, 3.63) is 58.3 Å². The van der Waals surface area contributed by atoms with Crippen LogP contribution in [0.5, 0.6) is 0 Å². The van der Waals surface area contributed by atoms with Gasteiger partial charge < -0.3 is 10.2 Å². The molecule has 22 heavy (non-hydrogen) atoms. The number of amides is 1. The highest BCUT2D eigenvalue weighted by Gasteiger charge is 2.22. The van der Waals surface area contributed by atoms with E-state index in [1.54, 1.807) is 11.3 Å². The fourth-order valence-corrected chi connectivity index (χ4v) is 3.89. The lowest BCUT2D eigenvalue weighted by molar-refractivity contribution is -0.896. The minimum absolute atomic E-state index is 0.0297. The Hall–Kier alpha value is -1.65. The summed E-state index contributed by atoms with van der Waals surface area (Å²) < 4.78 is 0. The van der Waals surface area contributed by atoms with Crippen LogP contribution in [0.4, 0.5) is 0 Å². The number of carbonyl (C=O) groups excluding carboxylic acids is 1. The molecule has 0 unspecified atom stereocenters. The molecular weight excluding hydrogens is 292 g/mol. The van der Waals surface area contributed by atoms with Crippen LogP contribution in [-0.2, 0) is 4.79 Å². The summed E-state index contributed by atoms with van der Waals surface area (Å²) >= 11 is 1.69. The van der Waals surface area contributed by atoms with E-state index in [0.29, 0.717) is 6.54 Å². The van der Waals surface area contributed by atoms with Gasteiger partial charge in [0, 0.05) is 4.88 Å². The van der Waals surface area contributed by atoms with Gasteiger partial charge in [-0.3, -0.25) is 4.79 Å². The van der Waals surface area contributed by atoms with Crippen molar-refractivity contribution in [2.24, 2.45) is 0 Å². The average Bonchev–Trinajstić information content (AvgIpc) is 3.08. The predicted molar refractivity (Wildman–Crippen MR) is 90.2 cm³/mol.